The van der Waals surface area contributed by atoms with E-state index < -0.39 is 0 Å². The van der Waals surface area contributed by atoms with E-state index in [0.29, 0.717) is 0 Å². The Kier molecular flexibility index (Phi) is 5.43. The summed E-state index contributed by atoms with van der Waals surface area (Å²) >= 11 is 0. The van der Waals surface area contributed by atoms with E-state index in [4.69, 9.17) is 0 Å². The summed E-state index contributed by atoms with van der Waals surface area (Å²) in [5, 5.41) is 13.1. The average Bonchev–Trinajstić information content (AvgIpc) is 3.05. The Morgan fingerprint density at radius 3 is 1.50 bits per heavy atom. The molecule has 0 saturated carbocycles. The Bertz CT molecular complexity index is 2550. The van der Waals surface area contributed by atoms with Crippen molar-refractivity contribution in [2.45, 2.75) is 13.8 Å². The molecule has 0 radical (unpaired) electrons. The van der Waals surface area contributed by atoms with E-state index in [1.807, 2.05) is 0 Å². The Hall–Kier alpha value is -5.46. The van der Waals surface area contributed by atoms with Crippen LogP contribution in [0.1, 0.15) is 11.1 Å². The lowest BCUT2D eigenvalue weighted by Crippen LogP contribution is -1.93. The van der Waals surface area contributed by atoms with Gasteiger partial charge < -0.3 is 0 Å². The summed E-state index contributed by atoms with van der Waals surface area (Å²) in [6.07, 6.45) is 0. The van der Waals surface area contributed by atoms with Crippen LogP contribution < -0.4 is 0 Å². The van der Waals surface area contributed by atoms with Gasteiger partial charge in [0, 0.05) is 0 Å². The molecule has 0 atom stereocenters. The third kappa shape index (κ3) is 3.71. The van der Waals surface area contributed by atoms with Gasteiger partial charge in [0.25, 0.3) is 0 Å². The predicted octanol–water partition coefficient (Wildman–Crippen LogP) is 12.5. The van der Waals surface area contributed by atoms with Crippen LogP contribution in [0.2, 0.25) is 0 Å². The summed E-state index contributed by atoms with van der Waals surface area (Å²) in [6.45, 7) is 4.37. The molecule has 0 unspecified atom stereocenters. The summed E-state index contributed by atoms with van der Waals surface area (Å²) in [4.78, 5) is 0. The van der Waals surface area contributed by atoms with Crippen molar-refractivity contribution < 1.29 is 0 Å². The highest BCUT2D eigenvalue weighted by atomic mass is 14.2. The van der Waals surface area contributed by atoms with Crippen molar-refractivity contribution in [1.82, 2.24) is 0 Å². The third-order valence-corrected chi connectivity index (χ3v) is 9.48. The standard InChI is InChI=1S/C44H30/c1-27-8-5-12-33(24-27)42-36-14-3-4-15-37(36)43(34-13-6-9-28(2)25-34)40-26-32(20-23-39(40)42)35-21-18-31-17-16-29-10-7-11-30-19-22-38(35)44(31)41(29)30/h3-26H,1-2H3. The lowest BCUT2D eigenvalue weighted by atomic mass is 9.83. The van der Waals surface area contributed by atoms with Gasteiger partial charge in [0.2, 0.25) is 0 Å². The highest BCUT2D eigenvalue weighted by Gasteiger charge is 2.19. The number of aryl methyl sites for hydroxylation is 2. The summed E-state index contributed by atoms with van der Waals surface area (Å²) in [6, 6.07) is 54.4. The average molecular weight is 559 g/mol. The monoisotopic (exact) mass is 558 g/mol. The molecule has 9 rings (SSSR count). The van der Waals surface area contributed by atoms with Crippen LogP contribution in [0.25, 0.3) is 87.2 Å². The number of hydrogen-bond acceptors (Lipinski definition) is 0. The minimum Gasteiger partial charge on any atom is -0.0616 e. The van der Waals surface area contributed by atoms with Crippen molar-refractivity contribution in [2.24, 2.45) is 0 Å². The minimum atomic E-state index is 1.25. The topological polar surface area (TPSA) is 0 Å². The highest BCUT2D eigenvalue weighted by molar-refractivity contribution is 6.26. The number of benzene rings is 9. The highest BCUT2D eigenvalue weighted by Crippen LogP contribution is 2.46. The molecule has 0 amide bonds. The normalized spacial score (nSPS) is 11.9. The quantitative estimate of drug-likeness (QED) is 0.149. The zero-order valence-electron chi connectivity index (χ0n) is 24.9. The van der Waals surface area contributed by atoms with E-state index in [-0.39, 0.29) is 0 Å². The summed E-state index contributed by atoms with van der Waals surface area (Å²) in [5.74, 6) is 0. The molecule has 9 aromatic rings. The van der Waals surface area contributed by atoms with E-state index in [2.05, 4.69) is 159 Å². The summed E-state index contributed by atoms with van der Waals surface area (Å²) in [7, 11) is 0. The van der Waals surface area contributed by atoms with Crippen LogP contribution in [-0.2, 0) is 0 Å². The van der Waals surface area contributed by atoms with Crippen LogP contribution in [0.5, 0.6) is 0 Å². The molecule has 0 aliphatic heterocycles. The largest absolute Gasteiger partial charge is 0.0616 e. The third-order valence-electron chi connectivity index (χ3n) is 9.48. The van der Waals surface area contributed by atoms with Crippen LogP contribution in [0, 0.1) is 13.8 Å². The van der Waals surface area contributed by atoms with Gasteiger partial charge in [-0.2, -0.15) is 0 Å². The van der Waals surface area contributed by atoms with Crippen LogP contribution in [0.4, 0.5) is 0 Å². The molecule has 0 heterocycles. The Morgan fingerprint density at radius 2 is 0.841 bits per heavy atom. The van der Waals surface area contributed by atoms with Crippen molar-refractivity contribution in [3.05, 3.63) is 157 Å². The Balaban J connectivity index is 1.42. The van der Waals surface area contributed by atoms with Gasteiger partial charge in [0.1, 0.15) is 0 Å². The van der Waals surface area contributed by atoms with Gasteiger partial charge in [-0.05, 0) is 107 Å². The van der Waals surface area contributed by atoms with Crippen molar-refractivity contribution in [1.29, 1.82) is 0 Å². The molecule has 0 spiro atoms. The fourth-order valence-corrected chi connectivity index (χ4v) is 7.56. The Labute approximate surface area is 257 Å². The van der Waals surface area contributed by atoms with Crippen molar-refractivity contribution in [3.63, 3.8) is 0 Å². The van der Waals surface area contributed by atoms with Gasteiger partial charge in [-0.15, -0.1) is 0 Å². The SMILES string of the molecule is Cc1cccc(-c2c3ccccc3c(-c3cccc(C)c3)c3cc(-c4ccc5ccc6cccc7ccc4c5c67)ccc23)c1. The molecule has 0 aliphatic carbocycles. The van der Waals surface area contributed by atoms with E-state index in [1.165, 1.54) is 98.4 Å². The van der Waals surface area contributed by atoms with Crippen LogP contribution in [0.3, 0.4) is 0 Å². The summed E-state index contributed by atoms with van der Waals surface area (Å²) < 4.78 is 0. The molecule has 0 fully saturated rings. The van der Waals surface area contributed by atoms with Crippen LogP contribution in [-0.4, -0.2) is 0 Å². The van der Waals surface area contributed by atoms with Gasteiger partial charge in [-0.3, -0.25) is 0 Å². The Morgan fingerprint density at radius 1 is 0.318 bits per heavy atom. The predicted molar refractivity (Wildman–Crippen MR) is 191 cm³/mol. The lowest BCUT2D eigenvalue weighted by Gasteiger charge is -2.20. The second-order valence-electron chi connectivity index (χ2n) is 12.3. The first kappa shape index (κ1) is 25.1. The van der Waals surface area contributed by atoms with Gasteiger partial charge >= 0.3 is 0 Å². The lowest BCUT2D eigenvalue weighted by molar-refractivity contribution is 1.47. The molecule has 0 N–H and O–H groups in total. The van der Waals surface area contributed by atoms with Crippen LogP contribution >= 0.6 is 0 Å². The van der Waals surface area contributed by atoms with Crippen molar-refractivity contribution in [2.75, 3.05) is 0 Å². The summed E-state index contributed by atoms with van der Waals surface area (Å²) in [5.41, 5.74) is 10.2. The fourth-order valence-electron chi connectivity index (χ4n) is 7.56. The maximum absolute atomic E-state index is 2.45. The van der Waals surface area contributed by atoms with Gasteiger partial charge in [0.05, 0.1) is 0 Å². The molecule has 9 aromatic carbocycles. The molecule has 206 valence electrons. The van der Waals surface area contributed by atoms with Crippen LogP contribution in [0.15, 0.2) is 146 Å². The molecule has 0 nitrogen and oxygen atoms in total. The first-order valence-corrected chi connectivity index (χ1v) is 15.4. The van der Waals surface area contributed by atoms with E-state index in [1.54, 1.807) is 0 Å². The molecule has 0 heteroatoms. The maximum Gasteiger partial charge on any atom is -0.00206 e. The number of fused-ring (bicyclic) bond motifs is 2. The first-order chi connectivity index (χ1) is 21.6. The minimum absolute atomic E-state index is 1.25. The van der Waals surface area contributed by atoms with Crippen molar-refractivity contribution in [3.8, 4) is 33.4 Å². The number of hydrogen-bond donors (Lipinski definition) is 0. The van der Waals surface area contributed by atoms with E-state index >= 15 is 0 Å². The van der Waals surface area contributed by atoms with E-state index in [9.17, 15) is 0 Å². The molecule has 0 aromatic heterocycles. The zero-order valence-corrected chi connectivity index (χ0v) is 24.9. The molecule has 0 aliphatic rings. The second kappa shape index (κ2) is 9.53. The van der Waals surface area contributed by atoms with Crippen molar-refractivity contribution >= 4 is 53.9 Å². The van der Waals surface area contributed by atoms with Gasteiger partial charge in [-0.1, -0.05) is 151 Å². The number of rotatable bonds is 3. The molecule has 0 bridgehead atoms. The first-order valence-electron chi connectivity index (χ1n) is 15.4. The van der Waals surface area contributed by atoms with Gasteiger partial charge in [0.15, 0.2) is 0 Å². The molecule has 0 saturated heterocycles. The zero-order chi connectivity index (χ0) is 29.4. The molecular weight excluding hydrogens is 528 g/mol. The van der Waals surface area contributed by atoms with Gasteiger partial charge in [-0.25, -0.2) is 0 Å². The fraction of sp³-hybridized carbons (Fsp3) is 0.0455. The molecule has 44 heavy (non-hydrogen) atoms. The maximum atomic E-state index is 2.45. The van der Waals surface area contributed by atoms with E-state index in [0.717, 1.165) is 0 Å². The second-order valence-corrected chi connectivity index (χ2v) is 12.3. The molecular formula is C44H30. The smallest absolute Gasteiger partial charge is 0.00206 e.